The van der Waals surface area contributed by atoms with Gasteiger partial charge in [-0.05, 0) is 30.3 Å². The first-order chi connectivity index (χ1) is 9.77. The summed E-state index contributed by atoms with van der Waals surface area (Å²) in [6.07, 6.45) is -4.57. The average molecular weight is 301 g/mol. The van der Waals surface area contributed by atoms with E-state index in [0.29, 0.717) is 6.07 Å². The summed E-state index contributed by atoms with van der Waals surface area (Å²) in [5.74, 6) is -3.11. The van der Waals surface area contributed by atoms with Gasteiger partial charge in [0.05, 0.1) is 5.56 Å². The standard InChI is InChI=1S/C14H8F5NO/c15-11-5-4-10(7-12(11)16)20-13(21)8-2-1-3-9(6-8)14(17,18)19/h1-7H,(H,20,21). The third-order valence-electron chi connectivity index (χ3n) is 2.63. The van der Waals surface area contributed by atoms with Crippen LogP contribution in [0.1, 0.15) is 15.9 Å². The summed E-state index contributed by atoms with van der Waals surface area (Å²) in [5, 5.41) is 2.19. The van der Waals surface area contributed by atoms with Gasteiger partial charge in [0.15, 0.2) is 11.6 Å². The second-order valence-corrected chi connectivity index (χ2v) is 4.16. The highest BCUT2D eigenvalue weighted by atomic mass is 19.4. The van der Waals surface area contributed by atoms with E-state index < -0.39 is 29.3 Å². The van der Waals surface area contributed by atoms with Gasteiger partial charge in [0.1, 0.15) is 0 Å². The van der Waals surface area contributed by atoms with E-state index in [9.17, 15) is 26.7 Å². The summed E-state index contributed by atoms with van der Waals surface area (Å²) >= 11 is 0. The number of carbonyl (C=O) groups excluding carboxylic acids is 1. The maximum atomic E-state index is 13.0. The Morgan fingerprint density at radius 3 is 2.29 bits per heavy atom. The molecule has 0 bridgehead atoms. The molecule has 0 radical (unpaired) electrons. The van der Waals surface area contributed by atoms with Crippen LogP contribution >= 0.6 is 0 Å². The SMILES string of the molecule is O=C(Nc1ccc(F)c(F)c1)c1cccc(C(F)(F)F)c1. The number of anilines is 1. The number of halogens is 5. The van der Waals surface area contributed by atoms with Crippen LogP contribution in [0.15, 0.2) is 42.5 Å². The Bertz CT molecular complexity index is 681. The number of hydrogen-bond acceptors (Lipinski definition) is 1. The number of carbonyl (C=O) groups is 1. The number of nitrogens with one attached hydrogen (secondary N) is 1. The molecule has 1 amide bonds. The van der Waals surface area contributed by atoms with Crippen LogP contribution in [0.3, 0.4) is 0 Å². The van der Waals surface area contributed by atoms with Crippen LogP contribution in [0.2, 0.25) is 0 Å². The van der Waals surface area contributed by atoms with Gasteiger partial charge in [0.25, 0.3) is 5.91 Å². The van der Waals surface area contributed by atoms with Crippen LogP contribution < -0.4 is 5.32 Å². The van der Waals surface area contributed by atoms with E-state index in [1.54, 1.807) is 0 Å². The maximum Gasteiger partial charge on any atom is 0.416 e. The molecule has 0 aliphatic heterocycles. The summed E-state index contributed by atoms with van der Waals surface area (Å²) in [7, 11) is 0. The lowest BCUT2D eigenvalue weighted by Gasteiger charge is -2.09. The van der Waals surface area contributed by atoms with Crippen LogP contribution in [-0.4, -0.2) is 5.91 Å². The minimum atomic E-state index is -4.57. The van der Waals surface area contributed by atoms with E-state index in [1.807, 2.05) is 0 Å². The van der Waals surface area contributed by atoms with Crippen molar-refractivity contribution in [3.8, 4) is 0 Å². The number of hydrogen-bond donors (Lipinski definition) is 1. The number of amides is 1. The van der Waals surface area contributed by atoms with Gasteiger partial charge in [-0.15, -0.1) is 0 Å². The fourth-order valence-corrected chi connectivity index (χ4v) is 1.61. The normalized spacial score (nSPS) is 11.3. The van der Waals surface area contributed by atoms with Crippen molar-refractivity contribution in [3.63, 3.8) is 0 Å². The van der Waals surface area contributed by atoms with Crippen molar-refractivity contribution in [2.24, 2.45) is 0 Å². The van der Waals surface area contributed by atoms with Gasteiger partial charge in [0.2, 0.25) is 0 Å². The molecule has 0 fully saturated rings. The van der Waals surface area contributed by atoms with Crippen molar-refractivity contribution < 1.29 is 26.7 Å². The molecule has 2 nitrogen and oxygen atoms in total. The number of rotatable bonds is 2. The van der Waals surface area contributed by atoms with E-state index >= 15 is 0 Å². The lowest BCUT2D eigenvalue weighted by molar-refractivity contribution is -0.137. The summed E-state index contributed by atoms with van der Waals surface area (Å²) in [5.41, 5.74) is -1.27. The molecule has 0 aliphatic rings. The van der Waals surface area contributed by atoms with Gasteiger partial charge in [-0.2, -0.15) is 13.2 Å². The predicted molar refractivity (Wildman–Crippen MR) is 65.8 cm³/mol. The Morgan fingerprint density at radius 2 is 1.67 bits per heavy atom. The molecule has 0 unspecified atom stereocenters. The second kappa shape index (κ2) is 5.51. The molecule has 0 saturated carbocycles. The number of benzene rings is 2. The van der Waals surface area contributed by atoms with Crippen molar-refractivity contribution in [1.29, 1.82) is 0 Å². The van der Waals surface area contributed by atoms with E-state index in [0.717, 1.165) is 30.3 Å². The Hall–Kier alpha value is -2.44. The highest BCUT2D eigenvalue weighted by Crippen LogP contribution is 2.29. The molecular formula is C14H8F5NO. The quantitative estimate of drug-likeness (QED) is 0.826. The smallest absolute Gasteiger partial charge is 0.322 e. The predicted octanol–water partition coefficient (Wildman–Crippen LogP) is 4.24. The van der Waals surface area contributed by atoms with Crippen molar-refractivity contribution in [3.05, 3.63) is 65.2 Å². The molecular weight excluding hydrogens is 293 g/mol. The molecule has 0 heterocycles. The van der Waals surface area contributed by atoms with Gasteiger partial charge >= 0.3 is 6.18 Å². The number of alkyl halides is 3. The second-order valence-electron chi connectivity index (χ2n) is 4.16. The van der Waals surface area contributed by atoms with Crippen molar-refractivity contribution in [1.82, 2.24) is 0 Å². The zero-order valence-corrected chi connectivity index (χ0v) is 10.3. The summed E-state index contributed by atoms with van der Waals surface area (Å²) < 4.78 is 63.3. The lowest BCUT2D eigenvalue weighted by Crippen LogP contribution is -2.14. The third-order valence-corrected chi connectivity index (χ3v) is 2.63. The Balaban J connectivity index is 2.22. The Kier molecular flexibility index (Phi) is 3.93. The summed E-state index contributed by atoms with van der Waals surface area (Å²) in [6, 6.07) is 6.42. The minimum absolute atomic E-state index is 0.0590. The zero-order chi connectivity index (χ0) is 15.6. The first-order valence-corrected chi connectivity index (χ1v) is 5.71. The van der Waals surface area contributed by atoms with Crippen LogP contribution in [0.4, 0.5) is 27.6 Å². The van der Waals surface area contributed by atoms with Crippen LogP contribution in [0.25, 0.3) is 0 Å². The first-order valence-electron chi connectivity index (χ1n) is 5.71. The molecule has 7 heteroatoms. The monoisotopic (exact) mass is 301 g/mol. The van der Waals surface area contributed by atoms with Crippen molar-refractivity contribution in [2.75, 3.05) is 5.32 Å². The molecule has 2 rings (SSSR count). The fraction of sp³-hybridized carbons (Fsp3) is 0.0714. The first kappa shape index (κ1) is 15.0. The Morgan fingerprint density at radius 1 is 0.952 bits per heavy atom. The van der Waals surface area contributed by atoms with Gasteiger partial charge in [-0.3, -0.25) is 4.79 Å². The topological polar surface area (TPSA) is 29.1 Å². The molecule has 2 aromatic carbocycles. The molecule has 2 aromatic rings. The van der Waals surface area contributed by atoms with E-state index in [-0.39, 0.29) is 11.3 Å². The largest absolute Gasteiger partial charge is 0.416 e. The van der Waals surface area contributed by atoms with E-state index in [1.165, 1.54) is 6.07 Å². The average Bonchev–Trinajstić information content (AvgIpc) is 2.42. The molecule has 0 aromatic heterocycles. The molecule has 0 saturated heterocycles. The molecule has 1 N–H and O–H groups in total. The maximum absolute atomic E-state index is 13.0. The van der Waals surface area contributed by atoms with Crippen LogP contribution in [0.5, 0.6) is 0 Å². The molecule has 0 spiro atoms. The van der Waals surface area contributed by atoms with E-state index in [4.69, 9.17) is 0 Å². The van der Waals surface area contributed by atoms with Gasteiger partial charge in [0, 0.05) is 17.3 Å². The van der Waals surface area contributed by atoms with Crippen molar-refractivity contribution in [2.45, 2.75) is 6.18 Å². The molecule has 21 heavy (non-hydrogen) atoms. The van der Waals surface area contributed by atoms with Crippen LogP contribution in [0, 0.1) is 11.6 Å². The van der Waals surface area contributed by atoms with Crippen LogP contribution in [-0.2, 0) is 6.18 Å². The highest BCUT2D eigenvalue weighted by molar-refractivity contribution is 6.04. The van der Waals surface area contributed by atoms with Gasteiger partial charge in [-0.1, -0.05) is 6.07 Å². The molecule has 0 atom stereocenters. The lowest BCUT2D eigenvalue weighted by atomic mass is 10.1. The summed E-state index contributed by atoms with van der Waals surface area (Å²) in [4.78, 5) is 11.8. The minimum Gasteiger partial charge on any atom is -0.322 e. The van der Waals surface area contributed by atoms with Crippen molar-refractivity contribution >= 4 is 11.6 Å². The highest BCUT2D eigenvalue weighted by Gasteiger charge is 2.30. The van der Waals surface area contributed by atoms with E-state index in [2.05, 4.69) is 5.32 Å². The Labute approximate surface area is 116 Å². The third kappa shape index (κ3) is 3.56. The molecule has 0 aliphatic carbocycles. The zero-order valence-electron chi connectivity index (χ0n) is 10.3. The molecule has 110 valence electrons. The summed E-state index contributed by atoms with van der Waals surface area (Å²) in [6.45, 7) is 0. The fourth-order valence-electron chi connectivity index (χ4n) is 1.61. The van der Waals surface area contributed by atoms with Gasteiger partial charge in [-0.25, -0.2) is 8.78 Å². The van der Waals surface area contributed by atoms with Gasteiger partial charge < -0.3 is 5.32 Å².